The van der Waals surface area contributed by atoms with E-state index in [4.69, 9.17) is 0 Å². The first kappa shape index (κ1) is 17.2. The molecule has 0 fully saturated rings. The zero-order chi connectivity index (χ0) is 18.9. The van der Waals surface area contributed by atoms with Gasteiger partial charge in [0.15, 0.2) is 5.54 Å². The smallest absolute Gasteiger partial charge is 0.260 e. The summed E-state index contributed by atoms with van der Waals surface area (Å²) in [5.74, 6) is -0.782. The van der Waals surface area contributed by atoms with E-state index in [2.05, 4.69) is 5.32 Å². The van der Waals surface area contributed by atoms with Gasteiger partial charge in [0.1, 0.15) is 5.82 Å². The van der Waals surface area contributed by atoms with Gasteiger partial charge in [-0.2, -0.15) is 0 Å². The SMILES string of the molecule is O=C1N(Cc2ccccc2)c2ccccc2C1(CO)Nc1ccccc1F. The molecule has 4 rings (SSSR count). The zero-order valence-corrected chi connectivity index (χ0v) is 14.6. The van der Waals surface area contributed by atoms with Gasteiger partial charge in [0.25, 0.3) is 5.91 Å². The van der Waals surface area contributed by atoms with E-state index in [1.807, 2.05) is 48.5 Å². The Kier molecular flexibility index (Phi) is 4.38. The normalized spacial score (nSPS) is 18.4. The highest BCUT2D eigenvalue weighted by molar-refractivity contribution is 6.09. The molecule has 0 spiro atoms. The lowest BCUT2D eigenvalue weighted by Crippen LogP contribution is -2.48. The molecule has 1 unspecified atom stereocenters. The van der Waals surface area contributed by atoms with Crippen LogP contribution in [0.5, 0.6) is 0 Å². The Morgan fingerprint density at radius 3 is 2.33 bits per heavy atom. The standard InChI is InChI=1S/C22H19FN2O2/c23-18-11-5-6-12-19(18)24-22(15-26)17-10-4-7-13-20(17)25(21(22)27)14-16-8-2-1-3-9-16/h1-13,24,26H,14-15H2. The van der Waals surface area contributed by atoms with Crippen molar-refractivity contribution in [2.24, 2.45) is 0 Å². The number of hydrogen-bond donors (Lipinski definition) is 2. The number of nitrogens with one attached hydrogen (secondary N) is 1. The van der Waals surface area contributed by atoms with Gasteiger partial charge in [-0.15, -0.1) is 0 Å². The summed E-state index contributed by atoms with van der Waals surface area (Å²) in [5, 5.41) is 13.2. The maximum Gasteiger partial charge on any atom is 0.260 e. The van der Waals surface area contributed by atoms with Crippen LogP contribution in [-0.2, 0) is 16.9 Å². The molecule has 3 aromatic rings. The van der Waals surface area contributed by atoms with Crippen LogP contribution in [-0.4, -0.2) is 17.6 Å². The number of anilines is 2. The van der Waals surface area contributed by atoms with E-state index < -0.39 is 18.0 Å². The Balaban J connectivity index is 1.78. The molecule has 4 nitrogen and oxygen atoms in total. The van der Waals surface area contributed by atoms with E-state index in [-0.39, 0.29) is 11.6 Å². The van der Waals surface area contributed by atoms with E-state index in [1.54, 1.807) is 29.2 Å². The van der Waals surface area contributed by atoms with Crippen LogP contribution >= 0.6 is 0 Å². The van der Waals surface area contributed by atoms with Crippen molar-refractivity contribution < 1.29 is 14.3 Å². The van der Waals surface area contributed by atoms with Gasteiger partial charge in [-0.3, -0.25) is 4.79 Å². The first-order chi connectivity index (χ1) is 13.2. The number of fused-ring (bicyclic) bond motifs is 1. The number of rotatable bonds is 5. The molecule has 0 bridgehead atoms. The number of benzene rings is 3. The average molecular weight is 362 g/mol. The Morgan fingerprint density at radius 1 is 0.926 bits per heavy atom. The predicted octanol–water partition coefficient (Wildman–Crippen LogP) is 3.67. The summed E-state index contributed by atoms with van der Waals surface area (Å²) in [4.78, 5) is 15.1. The van der Waals surface area contributed by atoms with Gasteiger partial charge < -0.3 is 15.3 Å². The molecule has 5 heteroatoms. The van der Waals surface area contributed by atoms with Gasteiger partial charge in [-0.1, -0.05) is 60.7 Å². The summed E-state index contributed by atoms with van der Waals surface area (Å²) in [6.07, 6.45) is 0. The Labute approximate surface area is 156 Å². The maximum atomic E-state index is 14.2. The number of para-hydroxylation sites is 2. The minimum absolute atomic E-state index is 0.177. The average Bonchev–Trinajstić information content (AvgIpc) is 2.94. The first-order valence-electron chi connectivity index (χ1n) is 8.75. The second-order valence-corrected chi connectivity index (χ2v) is 6.56. The van der Waals surface area contributed by atoms with E-state index in [0.717, 1.165) is 5.56 Å². The molecule has 0 saturated carbocycles. The lowest BCUT2D eigenvalue weighted by atomic mass is 9.91. The van der Waals surface area contributed by atoms with Crippen LogP contribution in [0.25, 0.3) is 0 Å². The van der Waals surface area contributed by atoms with Crippen molar-refractivity contribution in [3.8, 4) is 0 Å². The molecule has 3 aromatic carbocycles. The minimum atomic E-state index is -1.42. The second kappa shape index (κ2) is 6.85. The van der Waals surface area contributed by atoms with E-state index in [0.29, 0.717) is 17.8 Å². The number of aliphatic hydroxyl groups is 1. The monoisotopic (exact) mass is 362 g/mol. The van der Waals surface area contributed by atoms with Crippen LogP contribution in [0.15, 0.2) is 78.9 Å². The van der Waals surface area contributed by atoms with Crippen molar-refractivity contribution in [2.45, 2.75) is 12.1 Å². The Bertz CT molecular complexity index is 977. The fraction of sp³-hybridized carbons (Fsp3) is 0.136. The molecule has 0 aromatic heterocycles. The molecule has 27 heavy (non-hydrogen) atoms. The number of aliphatic hydroxyl groups excluding tert-OH is 1. The van der Waals surface area contributed by atoms with Gasteiger partial charge in [0, 0.05) is 5.56 Å². The molecule has 1 aliphatic heterocycles. The van der Waals surface area contributed by atoms with Gasteiger partial charge in [-0.05, 0) is 23.8 Å². The number of carbonyl (C=O) groups excluding carboxylic acids is 1. The topological polar surface area (TPSA) is 52.6 Å². The molecule has 1 aliphatic rings. The zero-order valence-electron chi connectivity index (χ0n) is 14.6. The molecule has 1 heterocycles. The third-order valence-corrected chi connectivity index (χ3v) is 4.91. The van der Waals surface area contributed by atoms with E-state index in [1.165, 1.54) is 6.07 Å². The molecule has 1 atom stereocenters. The van der Waals surface area contributed by atoms with E-state index in [9.17, 15) is 14.3 Å². The van der Waals surface area contributed by atoms with Crippen LogP contribution in [0.2, 0.25) is 0 Å². The van der Waals surface area contributed by atoms with Gasteiger partial charge in [0.2, 0.25) is 0 Å². The van der Waals surface area contributed by atoms with Crippen molar-refractivity contribution in [1.82, 2.24) is 0 Å². The van der Waals surface area contributed by atoms with Crippen LogP contribution in [0.1, 0.15) is 11.1 Å². The summed E-state index contributed by atoms with van der Waals surface area (Å²) in [6.45, 7) is -0.111. The lowest BCUT2D eigenvalue weighted by molar-refractivity contribution is -0.123. The number of nitrogens with zero attached hydrogens (tertiary/aromatic N) is 1. The highest BCUT2D eigenvalue weighted by Gasteiger charge is 2.51. The largest absolute Gasteiger partial charge is 0.393 e. The molecular weight excluding hydrogens is 343 g/mol. The minimum Gasteiger partial charge on any atom is -0.393 e. The van der Waals surface area contributed by atoms with Gasteiger partial charge in [-0.25, -0.2) is 4.39 Å². The predicted molar refractivity (Wildman–Crippen MR) is 103 cm³/mol. The summed E-state index contributed by atoms with van der Waals surface area (Å²) in [5.41, 5.74) is 1.07. The summed E-state index contributed by atoms with van der Waals surface area (Å²) in [7, 11) is 0. The Morgan fingerprint density at radius 2 is 1.59 bits per heavy atom. The van der Waals surface area contributed by atoms with E-state index >= 15 is 0 Å². The van der Waals surface area contributed by atoms with Crippen molar-refractivity contribution >= 4 is 17.3 Å². The fourth-order valence-electron chi connectivity index (χ4n) is 3.55. The molecule has 136 valence electrons. The molecule has 2 N–H and O–H groups in total. The third kappa shape index (κ3) is 2.86. The quantitative estimate of drug-likeness (QED) is 0.728. The lowest BCUT2D eigenvalue weighted by Gasteiger charge is -2.29. The summed E-state index contributed by atoms with van der Waals surface area (Å²) >= 11 is 0. The molecule has 1 amide bonds. The first-order valence-corrected chi connectivity index (χ1v) is 8.75. The van der Waals surface area contributed by atoms with Gasteiger partial charge in [0.05, 0.1) is 24.5 Å². The van der Waals surface area contributed by atoms with Crippen molar-refractivity contribution in [2.75, 3.05) is 16.8 Å². The summed E-state index contributed by atoms with van der Waals surface area (Å²) < 4.78 is 14.2. The Hall–Kier alpha value is -3.18. The van der Waals surface area contributed by atoms with Gasteiger partial charge >= 0.3 is 0 Å². The maximum absolute atomic E-state index is 14.2. The number of halogens is 1. The fourth-order valence-corrected chi connectivity index (χ4v) is 3.55. The van der Waals surface area contributed by atoms with Crippen LogP contribution in [0.4, 0.5) is 15.8 Å². The molecule has 0 radical (unpaired) electrons. The van der Waals surface area contributed by atoms with Crippen molar-refractivity contribution in [3.63, 3.8) is 0 Å². The number of amides is 1. The highest BCUT2D eigenvalue weighted by atomic mass is 19.1. The van der Waals surface area contributed by atoms with Crippen LogP contribution in [0.3, 0.4) is 0 Å². The van der Waals surface area contributed by atoms with Crippen molar-refractivity contribution in [1.29, 1.82) is 0 Å². The van der Waals surface area contributed by atoms with Crippen molar-refractivity contribution in [3.05, 3.63) is 95.8 Å². The third-order valence-electron chi connectivity index (χ3n) is 4.91. The van der Waals surface area contributed by atoms with Crippen LogP contribution < -0.4 is 10.2 Å². The number of hydrogen-bond acceptors (Lipinski definition) is 3. The molecule has 0 saturated heterocycles. The molecular formula is C22H19FN2O2. The summed E-state index contributed by atoms with van der Waals surface area (Å²) in [6, 6.07) is 23.1. The number of carbonyl (C=O) groups is 1. The highest BCUT2D eigenvalue weighted by Crippen LogP contribution is 2.43. The van der Waals surface area contributed by atoms with Crippen LogP contribution in [0, 0.1) is 5.82 Å². The second-order valence-electron chi connectivity index (χ2n) is 6.56. The molecule has 0 aliphatic carbocycles.